The Kier molecular flexibility index (Phi) is 5.79. The fourth-order valence-corrected chi connectivity index (χ4v) is 2.40. The number of anilines is 1. The molecule has 0 spiro atoms. The Morgan fingerprint density at radius 1 is 1.26 bits per heavy atom. The lowest BCUT2D eigenvalue weighted by Gasteiger charge is -2.13. The largest absolute Gasteiger partial charge is 0.444 e. The summed E-state index contributed by atoms with van der Waals surface area (Å²) in [5, 5.41) is 2.96. The maximum Gasteiger partial charge on any atom is 0.273 e. The predicted molar refractivity (Wildman–Crippen MR) is 92.0 cm³/mol. The number of nitrogen functional groups attached to an aromatic ring is 1. The van der Waals surface area contributed by atoms with Crippen molar-refractivity contribution in [1.82, 2.24) is 10.3 Å². The highest BCUT2D eigenvalue weighted by Crippen LogP contribution is 2.24. The maximum absolute atomic E-state index is 12.2. The van der Waals surface area contributed by atoms with Crippen molar-refractivity contribution in [2.45, 2.75) is 46.1 Å². The van der Waals surface area contributed by atoms with Gasteiger partial charge in [0, 0.05) is 11.7 Å². The zero-order valence-corrected chi connectivity index (χ0v) is 14.0. The first-order valence-electron chi connectivity index (χ1n) is 8.08. The lowest BCUT2D eigenvalue weighted by Crippen LogP contribution is -2.32. The Morgan fingerprint density at radius 2 is 2.00 bits per heavy atom. The standard InChI is InChI=1S/C18H25N3O2/c1-12(2)7-6-8-13(3)20-17(22)16-11-23-18(21-16)14-9-4-5-10-15(14)19/h4-5,9-13H,6-8,19H2,1-3H3,(H,20,22). The van der Waals surface area contributed by atoms with Crippen LogP contribution in [0.5, 0.6) is 0 Å². The molecular weight excluding hydrogens is 290 g/mol. The Labute approximate surface area is 137 Å². The van der Waals surface area contributed by atoms with Crippen LogP contribution in [0.25, 0.3) is 11.5 Å². The van der Waals surface area contributed by atoms with Gasteiger partial charge in [0.05, 0.1) is 5.56 Å². The van der Waals surface area contributed by atoms with Gasteiger partial charge in [-0.05, 0) is 31.4 Å². The van der Waals surface area contributed by atoms with Crippen LogP contribution in [-0.4, -0.2) is 16.9 Å². The zero-order valence-electron chi connectivity index (χ0n) is 14.0. The molecule has 0 aliphatic carbocycles. The van der Waals surface area contributed by atoms with Crippen molar-refractivity contribution in [3.63, 3.8) is 0 Å². The molecule has 0 fully saturated rings. The molecule has 1 atom stereocenters. The first-order valence-corrected chi connectivity index (χ1v) is 8.08. The van der Waals surface area contributed by atoms with E-state index in [1.807, 2.05) is 25.1 Å². The Hall–Kier alpha value is -2.30. The molecule has 2 rings (SSSR count). The quantitative estimate of drug-likeness (QED) is 0.760. The second kappa shape index (κ2) is 7.81. The van der Waals surface area contributed by atoms with E-state index in [-0.39, 0.29) is 17.6 Å². The van der Waals surface area contributed by atoms with Crippen molar-refractivity contribution < 1.29 is 9.21 Å². The number of nitrogens with zero attached hydrogens (tertiary/aromatic N) is 1. The summed E-state index contributed by atoms with van der Waals surface area (Å²) >= 11 is 0. The predicted octanol–water partition coefficient (Wildman–Crippen LogP) is 3.87. The molecule has 23 heavy (non-hydrogen) atoms. The molecule has 0 saturated carbocycles. The van der Waals surface area contributed by atoms with Gasteiger partial charge in [-0.15, -0.1) is 0 Å². The minimum Gasteiger partial charge on any atom is -0.444 e. The molecular formula is C18H25N3O2. The van der Waals surface area contributed by atoms with Crippen LogP contribution in [0.4, 0.5) is 5.69 Å². The van der Waals surface area contributed by atoms with Crippen LogP contribution in [0.2, 0.25) is 0 Å². The van der Waals surface area contributed by atoms with Crippen molar-refractivity contribution >= 4 is 11.6 Å². The van der Waals surface area contributed by atoms with Crippen molar-refractivity contribution in [2.75, 3.05) is 5.73 Å². The molecule has 0 aliphatic heterocycles. The second-order valence-electron chi connectivity index (χ2n) is 6.32. The fourth-order valence-electron chi connectivity index (χ4n) is 2.40. The molecule has 0 bridgehead atoms. The highest BCUT2D eigenvalue weighted by atomic mass is 16.3. The minimum atomic E-state index is -0.216. The van der Waals surface area contributed by atoms with Crippen LogP contribution in [0.3, 0.4) is 0 Å². The summed E-state index contributed by atoms with van der Waals surface area (Å²) < 4.78 is 5.39. The molecule has 1 unspecified atom stereocenters. The van der Waals surface area contributed by atoms with Gasteiger partial charge in [0.15, 0.2) is 5.69 Å². The number of aromatic nitrogens is 1. The average molecular weight is 315 g/mol. The lowest BCUT2D eigenvalue weighted by molar-refractivity contribution is 0.0932. The topological polar surface area (TPSA) is 81.2 Å². The van der Waals surface area contributed by atoms with Gasteiger partial charge in [0.25, 0.3) is 5.91 Å². The summed E-state index contributed by atoms with van der Waals surface area (Å²) in [6.45, 7) is 6.42. The third-order valence-corrected chi connectivity index (χ3v) is 3.72. The number of carbonyl (C=O) groups is 1. The fraction of sp³-hybridized carbons (Fsp3) is 0.444. The van der Waals surface area contributed by atoms with Crippen molar-refractivity contribution in [3.8, 4) is 11.5 Å². The van der Waals surface area contributed by atoms with E-state index in [1.54, 1.807) is 6.07 Å². The molecule has 0 saturated heterocycles. The molecule has 1 amide bonds. The minimum absolute atomic E-state index is 0.114. The highest BCUT2D eigenvalue weighted by Gasteiger charge is 2.16. The number of hydrogen-bond acceptors (Lipinski definition) is 4. The molecule has 2 aromatic rings. The van der Waals surface area contributed by atoms with Gasteiger partial charge in [0.2, 0.25) is 5.89 Å². The summed E-state index contributed by atoms with van der Waals surface area (Å²) in [5.74, 6) is 0.833. The number of nitrogens with two attached hydrogens (primary N) is 1. The Bertz CT molecular complexity index is 649. The third-order valence-electron chi connectivity index (χ3n) is 3.72. The number of rotatable bonds is 7. The summed E-state index contributed by atoms with van der Waals surface area (Å²) in [6.07, 6.45) is 4.60. The van der Waals surface area contributed by atoms with Gasteiger partial charge in [-0.1, -0.05) is 38.8 Å². The van der Waals surface area contributed by atoms with Crippen LogP contribution in [-0.2, 0) is 0 Å². The molecule has 1 aromatic carbocycles. The van der Waals surface area contributed by atoms with E-state index in [1.165, 1.54) is 12.7 Å². The third kappa shape index (κ3) is 4.84. The molecule has 0 aliphatic rings. The summed E-state index contributed by atoms with van der Waals surface area (Å²) in [6, 6.07) is 7.40. The average Bonchev–Trinajstić information content (AvgIpc) is 2.97. The van der Waals surface area contributed by atoms with Crippen LogP contribution in [0.15, 0.2) is 34.9 Å². The number of hydrogen-bond donors (Lipinski definition) is 2. The van der Waals surface area contributed by atoms with E-state index in [0.717, 1.165) is 12.8 Å². The molecule has 5 nitrogen and oxygen atoms in total. The SMILES string of the molecule is CC(C)CCCC(C)NC(=O)c1coc(-c2ccccc2N)n1. The van der Waals surface area contributed by atoms with E-state index in [9.17, 15) is 4.79 Å². The first kappa shape index (κ1) is 17.1. The molecule has 5 heteroatoms. The molecule has 3 N–H and O–H groups in total. The van der Waals surface area contributed by atoms with E-state index in [0.29, 0.717) is 23.1 Å². The second-order valence-corrected chi connectivity index (χ2v) is 6.32. The maximum atomic E-state index is 12.2. The van der Waals surface area contributed by atoms with Crippen molar-refractivity contribution in [2.24, 2.45) is 5.92 Å². The van der Waals surface area contributed by atoms with Crippen molar-refractivity contribution in [3.05, 3.63) is 36.2 Å². The number of para-hydroxylation sites is 1. The zero-order chi connectivity index (χ0) is 16.8. The van der Waals surface area contributed by atoms with Gasteiger partial charge < -0.3 is 15.5 Å². The summed E-state index contributed by atoms with van der Waals surface area (Å²) in [7, 11) is 0. The Morgan fingerprint density at radius 3 is 2.70 bits per heavy atom. The molecule has 0 radical (unpaired) electrons. The van der Waals surface area contributed by atoms with E-state index in [2.05, 4.69) is 24.1 Å². The molecule has 124 valence electrons. The first-order chi connectivity index (χ1) is 11.0. The highest BCUT2D eigenvalue weighted by molar-refractivity contribution is 5.92. The smallest absolute Gasteiger partial charge is 0.273 e. The van der Waals surface area contributed by atoms with Gasteiger partial charge in [-0.25, -0.2) is 4.98 Å². The monoisotopic (exact) mass is 315 g/mol. The van der Waals surface area contributed by atoms with Gasteiger partial charge in [0.1, 0.15) is 6.26 Å². The van der Waals surface area contributed by atoms with Crippen molar-refractivity contribution in [1.29, 1.82) is 0 Å². The number of nitrogens with one attached hydrogen (secondary N) is 1. The summed E-state index contributed by atoms with van der Waals surface area (Å²) in [4.78, 5) is 16.5. The van der Waals surface area contributed by atoms with Gasteiger partial charge in [-0.3, -0.25) is 4.79 Å². The van der Waals surface area contributed by atoms with Crippen LogP contribution >= 0.6 is 0 Å². The number of oxazole rings is 1. The van der Waals surface area contributed by atoms with Gasteiger partial charge >= 0.3 is 0 Å². The normalized spacial score (nSPS) is 12.3. The van der Waals surface area contributed by atoms with E-state index >= 15 is 0 Å². The molecule has 1 aromatic heterocycles. The lowest BCUT2D eigenvalue weighted by atomic mass is 10.0. The van der Waals surface area contributed by atoms with Crippen LogP contribution in [0.1, 0.15) is 50.5 Å². The number of carbonyl (C=O) groups excluding carboxylic acids is 1. The number of amides is 1. The van der Waals surface area contributed by atoms with Crippen LogP contribution < -0.4 is 11.1 Å². The van der Waals surface area contributed by atoms with E-state index < -0.39 is 0 Å². The summed E-state index contributed by atoms with van der Waals surface area (Å²) in [5.41, 5.74) is 7.44. The molecule has 1 heterocycles. The van der Waals surface area contributed by atoms with Gasteiger partial charge in [-0.2, -0.15) is 0 Å². The number of benzene rings is 1. The van der Waals surface area contributed by atoms with Crippen LogP contribution in [0, 0.1) is 5.92 Å². The Balaban J connectivity index is 1.95. The van der Waals surface area contributed by atoms with E-state index in [4.69, 9.17) is 10.2 Å².